The van der Waals surface area contributed by atoms with Gasteiger partial charge in [-0.2, -0.15) is 0 Å². The predicted octanol–water partition coefficient (Wildman–Crippen LogP) is 4.30. The van der Waals surface area contributed by atoms with Gasteiger partial charge >= 0.3 is 0 Å². The molecule has 6 heteroatoms. The highest BCUT2D eigenvalue weighted by Gasteiger charge is 2.19. The Morgan fingerprint density at radius 2 is 2.00 bits per heavy atom. The molecule has 0 amide bonds. The van der Waals surface area contributed by atoms with E-state index < -0.39 is 10.0 Å². The fraction of sp³-hybridized carbons (Fsp3) is 0.429. The van der Waals surface area contributed by atoms with E-state index in [0.29, 0.717) is 11.0 Å². The summed E-state index contributed by atoms with van der Waals surface area (Å²) in [6.45, 7) is 2.37. The lowest BCUT2D eigenvalue weighted by molar-refractivity contribution is 0.580. The molecule has 0 unspecified atom stereocenters. The van der Waals surface area contributed by atoms with Gasteiger partial charge in [-0.3, -0.25) is 0 Å². The quantitative estimate of drug-likeness (QED) is 0.719. The fourth-order valence-corrected chi connectivity index (χ4v) is 4.93. The van der Waals surface area contributed by atoms with E-state index in [1.807, 2.05) is 6.92 Å². The molecular formula is C14H17Br2NO2S. The molecule has 0 spiro atoms. The van der Waals surface area contributed by atoms with Crippen molar-refractivity contribution in [2.24, 2.45) is 0 Å². The van der Waals surface area contributed by atoms with E-state index in [4.69, 9.17) is 0 Å². The Morgan fingerprint density at radius 1 is 1.25 bits per heavy atom. The van der Waals surface area contributed by atoms with Crippen molar-refractivity contribution in [3.63, 3.8) is 0 Å². The Morgan fingerprint density at radius 3 is 2.65 bits per heavy atom. The first-order chi connectivity index (χ1) is 9.40. The van der Waals surface area contributed by atoms with Gasteiger partial charge in [0.25, 0.3) is 0 Å². The summed E-state index contributed by atoms with van der Waals surface area (Å²) in [5.74, 6) is 0. The molecule has 0 saturated heterocycles. The number of rotatable bonds is 5. The van der Waals surface area contributed by atoms with Gasteiger partial charge in [-0.15, -0.1) is 0 Å². The second-order valence-corrected chi connectivity index (χ2v) is 8.38. The van der Waals surface area contributed by atoms with Crippen molar-refractivity contribution in [1.29, 1.82) is 0 Å². The lowest BCUT2D eigenvalue weighted by Gasteiger charge is -2.10. The van der Waals surface area contributed by atoms with Crippen molar-refractivity contribution in [2.45, 2.75) is 37.5 Å². The van der Waals surface area contributed by atoms with E-state index >= 15 is 0 Å². The maximum atomic E-state index is 12.3. The molecule has 110 valence electrons. The molecule has 1 aliphatic carbocycles. The highest BCUT2D eigenvalue weighted by molar-refractivity contribution is 9.11. The van der Waals surface area contributed by atoms with Crippen LogP contribution in [-0.4, -0.2) is 15.0 Å². The third kappa shape index (κ3) is 3.93. The average molecular weight is 423 g/mol. The fourth-order valence-electron chi connectivity index (χ4n) is 2.22. The van der Waals surface area contributed by atoms with Crippen LogP contribution in [0.2, 0.25) is 0 Å². The van der Waals surface area contributed by atoms with E-state index in [2.05, 4.69) is 42.7 Å². The maximum Gasteiger partial charge on any atom is 0.241 e. The topological polar surface area (TPSA) is 46.2 Å². The predicted molar refractivity (Wildman–Crippen MR) is 88.3 cm³/mol. The van der Waals surface area contributed by atoms with Crippen LogP contribution in [0.5, 0.6) is 0 Å². The molecule has 0 heterocycles. The Labute approximate surface area is 137 Å². The lowest BCUT2D eigenvalue weighted by atomic mass is 10.2. The second kappa shape index (κ2) is 6.73. The Hall–Kier alpha value is -0.170. The van der Waals surface area contributed by atoms with Crippen LogP contribution in [0.25, 0.3) is 0 Å². The summed E-state index contributed by atoms with van der Waals surface area (Å²) < 4.78 is 28.7. The molecule has 0 radical (unpaired) electrons. The number of hydrogen-bond donors (Lipinski definition) is 1. The van der Waals surface area contributed by atoms with E-state index in [9.17, 15) is 8.42 Å². The molecule has 1 aliphatic rings. The van der Waals surface area contributed by atoms with Gasteiger partial charge in [0.1, 0.15) is 0 Å². The van der Waals surface area contributed by atoms with Gasteiger partial charge in [0.05, 0.1) is 4.90 Å². The summed E-state index contributed by atoms with van der Waals surface area (Å²) in [7, 11) is -3.48. The van der Waals surface area contributed by atoms with E-state index in [1.54, 1.807) is 12.1 Å². The molecule has 0 atom stereocenters. The molecule has 0 saturated carbocycles. The van der Waals surface area contributed by atoms with E-state index in [-0.39, 0.29) is 4.90 Å². The van der Waals surface area contributed by atoms with Gasteiger partial charge in [0, 0.05) is 15.5 Å². The van der Waals surface area contributed by atoms with E-state index in [0.717, 1.165) is 29.3 Å². The number of sulfonamides is 1. The first-order valence-corrected chi connectivity index (χ1v) is 9.60. The SMILES string of the molecule is Cc1cc(Br)c(S(=O)(=O)NCCC2=CCCC2)cc1Br. The molecule has 0 fully saturated rings. The van der Waals surface area contributed by atoms with Gasteiger partial charge in [-0.1, -0.05) is 27.6 Å². The molecule has 1 N–H and O–H groups in total. The monoisotopic (exact) mass is 421 g/mol. The van der Waals surface area contributed by atoms with Gasteiger partial charge in [0.2, 0.25) is 10.0 Å². The maximum absolute atomic E-state index is 12.3. The van der Waals surface area contributed by atoms with Crippen LogP contribution in [0.4, 0.5) is 0 Å². The van der Waals surface area contributed by atoms with Crippen molar-refractivity contribution < 1.29 is 8.42 Å². The van der Waals surface area contributed by atoms with Crippen LogP contribution in [0.15, 0.2) is 37.6 Å². The number of allylic oxidation sites excluding steroid dienone is 1. The molecule has 0 bridgehead atoms. The number of aryl methyl sites for hydroxylation is 1. The Bertz CT molecular complexity index is 639. The Balaban J connectivity index is 2.08. The van der Waals surface area contributed by atoms with Crippen LogP contribution in [0.3, 0.4) is 0 Å². The van der Waals surface area contributed by atoms with Crippen molar-refractivity contribution in [3.05, 3.63) is 38.3 Å². The number of halogens is 2. The van der Waals surface area contributed by atoms with Crippen LogP contribution < -0.4 is 4.72 Å². The van der Waals surface area contributed by atoms with Gasteiger partial charge in [0.15, 0.2) is 0 Å². The van der Waals surface area contributed by atoms with Crippen molar-refractivity contribution in [2.75, 3.05) is 6.54 Å². The van der Waals surface area contributed by atoms with Crippen LogP contribution in [0.1, 0.15) is 31.2 Å². The molecule has 3 nitrogen and oxygen atoms in total. The first kappa shape index (κ1) is 16.2. The number of nitrogens with one attached hydrogen (secondary N) is 1. The van der Waals surface area contributed by atoms with Crippen LogP contribution in [0, 0.1) is 6.92 Å². The third-order valence-corrected chi connectivity index (χ3v) is 6.65. The highest BCUT2D eigenvalue weighted by Crippen LogP contribution is 2.29. The summed E-state index contributed by atoms with van der Waals surface area (Å²) in [6.07, 6.45) is 6.43. The van der Waals surface area contributed by atoms with Crippen LogP contribution in [-0.2, 0) is 10.0 Å². The summed E-state index contributed by atoms with van der Waals surface area (Å²) in [5, 5.41) is 0. The zero-order chi connectivity index (χ0) is 14.8. The van der Waals surface area contributed by atoms with Gasteiger partial charge < -0.3 is 0 Å². The molecule has 0 aromatic heterocycles. The lowest BCUT2D eigenvalue weighted by Crippen LogP contribution is -2.25. The zero-order valence-corrected chi connectivity index (χ0v) is 15.2. The van der Waals surface area contributed by atoms with Crippen molar-refractivity contribution in [3.8, 4) is 0 Å². The summed E-state index contributed by atoms with van der Waals surface area (Å²) >= 11 is 6.70. The minimum Gasteiger partial charge on any atom is -0.211 e. The summed E-state index contributed by atoms with van der Waals surface area (Å²) in [4.78, 5) is 0.273. The van der Waals surface area contributed by atoms with Gasteiger partial charge in [-0.05, 0) is 66.2 Å². The van der Waals surface area contributed by atoms with Crippen molar-refractivity contribution in [1.82, 2.24) is 4.72 Å². The Kier molecular flexibility index (Phi) is 5.45. The number of benzene rings is 1. The largest absolute Gasteiger partial charge is 0.241 e. The minimum atomic E-state index is -3.48. The molecule has 20 heavy (non-hydrogen) atoms. The normalized spacial score (nSPS) is 15.4. The summed E-state index contributed by atoms with van der Waals surface area (Å²) in [6, 6.07) is 3.44. The molecular weight excluding hydrogens is 406 g/mol. The molecule has 0 aliphatic heterocycles. The zero-order valence-electron chi connectivity index (χ0n) is 11.2. The van der Waals surface area contributed by atoms with Gasteiger partial charge in [-0.25, -0.2) is 13.1 Å². The molecule has 1 aromatic rings. The van der Waals surface area contributed by atoms with Crippen molar-refractivity contribution >= 4 is 41.9 Å². The number of hydrogen-bond acceptors (Lipinski definition) is 2. The smallest absolute Gasteiger partial charge is 0.211 e. The minimum absolute atomic E-state index is 0.273. The highest BCUT2D eigenvalue weighted by atomic mass is 79.9. The average Bonchev–Trinajstić information content (AvgIpc) is 2.86. The third-order valence-electron chi connectivity index (χ3n) is 3.38. The molecule has 2 rings (SSSR count). The van der Waals surface area contributed by atoms with E-state index in [1.165, 1.54) is 12.0 Å². The first-order valence-electron chi connectivity index (χ1n) is 6.53. The van der Waals surface area contributed by atoms with Crippen LogP contribution >= 0.6 is 31.9 Å². The second-order valence-electron chi connectivity index (χ2n) is 4.93. The standard InChI is InChI=1S/C14H17Br2NO2S/c1-10-8-13(16)14(9-12(10)15)20(18,19)17-7-6-11-4-2-3-5-11/h4,8-9,17H,2-3,5-7H2,1H3. The molecule has 1 aromatic carbocycles. The summed E-state index contributed by atoms with van der Waals surface area (Å²) in [5.41, 5.74) is 2.35.